The molecule has 1 saturated heterocycles. The third kappa shape index (κ3) is 2.96. The molecular weight excluding hydrogens is 260 g/mol. The Kier molecular flexibility index (Phi) is 4.53. The van der Waals surface area contributed by atoms with Gasteiger partial charge in [0.25, 0.3) is 0 Å². The van der Waals surface area contributed by atoms with Gasteiger partial charge in [-0.25, -0.2) is 4.98 Å². The summed E-state index contributed by atoms with van der Waals surface area (Å²) in [4.78, 5) is 7.40. The zero-order chi connectivity index (χ0) is 14.8. The van der Waals surface area contributed by atoms with Gasteiger partial charge in [0.1, 0.15) is 0 Å². The zero-order valence-corrected chi connectivity index (χ0v) is 13.6. The molecule has 3 atom stereocenters. The van der Waals surface area contributed by atoms with Gasteiger partial charge in [0.2, 0.25) is 5.95 Å². The van der Waals surface area contributed by atoms with E-state index in [0.29, 0.717) is 12.0 Å². The lowest BCUT2D eigenvalue weighted by molar-refractivity contribution is 0.260. The second kappa shape index (κ2) is 6.39. The molecule has 3 rings (SSSR count). The highest BCUT2D eigenvalue weighted by molar-refractivity contribution is 5.36. The summed E-state index contributed by atoms with van der Waals surface area (Å²) in [6.45, 7) is 7.80. The number of nitrogens with zero attached hydrogens (tertiary/aromatic N) is 3. The van der Waals surface area contributed by atoms with Gasteiger partial charge < -0.3 is 15.2 Å². The van der Waals surface area contributed by atoms with Gasteiger partial charge in [-0.15, -0.1) is 0 Å². The van der Waals surface area contributed by atoms with Crippen molar-refractivity contribution < 1.29 is 0 Å². The minimum Gasteiger partial charge on any atom is -0.342 e. The van der Waals surface area contributed by atoms with Crippen molar-refractivity contribution in [2.45, 2.75) is 65.0 Å². The molecule has 3 unspecified atom stereocenters. The van der Waals surface area contributed by atoms with Crippen LogP contribution < -0.4 is 10.6 Å². The number of hydrogen-bond acceptors (Lipinski definition) is 3. The summed E-state index contributed by atoms with van der Waals surface area (Å²) in [7, 11) is 0. The van der Waals surface area contributed by atoms with Crippen molar-refractivity contribution in [3.8, 4) is 0 Å². The lowest BCUT2D eigenvalue weighted by atomic mass is 9.78. The summed E-state index contributed by atoms with van der Waals surface area (Å²) in [6.07, 6.45) is 9.60. The Hall–Kier alpha value is -1.03. The number of fused-ring (bicyclic) bond motifs is 1. The van der Waals surface area contributed by atoms with Gasteiger partial charge in [-0.05, 0) is 37.5 Å². The average Bonchev–Trinajstić information content (AvgIpc) is 3.09. The summed E-state index contributed by atoms with van der Waals surface area (Å²) in [6, 6.07) is 0.401. The maximum absolute atomic E-state index is 6.36. The van der Waals surface area contributed by atoms with Gasteiger partial charge in [0.15, 0.2) is 0 Å². The highest BCUT2D eigenvalue weighted by atomic mass is 15.3. The van der Waals surface area contributed by atoms with Crippen molar-refractivity contribution in [3.63, 3.8) is 0 Å². The number of anilines is 1. The second-order valence-corrected chi connectivity index (χ2v) is 6.86. The predicted octanol–water partition coefficient (Wildman–Crippen LogP) is 2.81. The Bertz CT molecular complexity index is 467. The van der Waals surface area contributed by atoms with Crippen LogP contribution >= 0.6 is 0 Å². The van der Waals surface area contributed by atoms with Gasteiger partial charge >= 0.3 is 0 Å². The molecule has 2 heterocycles. The van der Waals surface area contributed by atoms with Crippen LogP contribution in [0.5, 0.6) is 0 Å². The Morgan fingerprint density at radius 3 is 2.86 bits per heavy atom. The molecule has 0 radical (unpaired) electrons. The number of rotatable bonds is 5. The normalized spacial score (nSPS) is 28.9. The Morgan fingerprint density at radius 2 is 2.14 bits per heavy atom. The van der Waals surface area contributed by atoms with Gasteiger partial charge in [0.05, 0.1) is 5.69 Å². The molecular formula is C17H30N4. The van der Waals surface area contributed by atoms with Crippen molar-refractivity contribution in [1.29, 1.82) is 0 Å². The van der Waals surface area contributed by atoms with Crippen LogP contribution in [0.1, 0.15) is 51.6 Å². The monoisotopic (exact) mass is 290 g/mol. The number of hydrogen-bond donors (Lipinski definition) is 1. The zero-order valence-electron chi connectivity index (χ0n) is 13.6. The molecule has 2 N–H and O–H groups in total. The van der Waals surface area contributed by atoms with Crippen LogP contribution in [0.4, 0.5) is 5.95 Å². The topological polar surface area (TPSA) is 47.1 Å². The van der Waals surface area contributed by atoms with Crippen LogP contribution in [0.15, 0.2) is 6.20 Å². The molecule has 2 fully saturated rings. The first-order chi connectivity index (χ1) is 10.2. The number of aromatic nitrogens is 2. The van der Waals surface area contributed by atoms with Gasteiger partial charge in [-0.3, -0.25) is 0 Å². The lowest BCUT2D eigenvalue weighted by Crippen LogP contribution is -2.38. The molecule has 0 aromatic carbocycles. The maximum atomic E-state index is 6.36. The van der Waals surface area contributed by atoms with E-state index in [1.165, 1.54) is 43.7 Å². The van der Waals surface area contributed by atoms with Crippen LogP contribution in [-0.4, -0.2) is 28.7 Å². The van der Waals surface area contributed by atoms with Crippen LogP contribution in [0.3, 0.4) is 0 Å². The van der Waals surface area contributed by atoms with E-state index < -0.39 is 0 Å². The first kappa shape index (κ1) is 14.9. The highest BCUT2D eigenvalue weighted by Crippen LogP contribution is 2.37. The number of nitrogens with two attached hydrogens (primary N) is 1. The van der Waals surface area contributed by atoms with E-state index in [2.05, 4.69) is 29.5 Å². The minimum absolute atomic E-state index is 0.401. The average molecular weight is 290 g/mol. The van der Waals surface area contributed by atoms with Crippen molar-refractivity contribution >= 4 is 5.95 Å². The van der Waals surface area contributed by atoms with Crippen LogP contribution in [0, 0.1) is 11.8 Å². The van der Waals surface area contributed by atoms with Gasteiger partial charge in [0, 0.05) is 31.9 Å². The quantitative estimate of drug-likeness (QED) is 0.907. The molecule has 118 valence electrons. The fourth-order valence-corrected chi connectivity index (χ4v) is 4.05. The van der Waals surface area contributed by atoms with Gasteiger partial charge in [-0.2, -0.15) is 0 Å². The van der Waals surface area contributed by atoms with Gasteiger partial charge in [-0.1, -0.05) is 26.7 Å². The SMILES string of the molecule is CCCCn1cc(CC)nc1N1CC2CCCC(N)C2C1. The molecule has 1 aliphatic carbocycles. The van der Waals surface area contributed by atoms with E-state index in [1.54, 1.807) is 0 Å². The summed E-state index contributed by atoms with van der Waals surface area (Å²) >= 11 is 0. The number of imidazole rings is 1. The van der Waals surface area contributed by atoms with E-state index >= 15 is 0 Å². The standard InChI is InChI=1S/C17H30N4/c1-3-5-9-20-11-14(4-2)19-17(20)21-10-13-7-6-8-16(18)15(13)12-21/h11,13,15-16H,3-10,12,18H2,1-2H3. The number of aryl methyl sites for hydroxylation is 2. The summed E-state index contributed by atoms with van der Waals surface area (Å²) in [5, 5.41) is 0. The maximum Gasteiger partial charge on any atom is 0.205 e. The first-order valence-corrected chi connectivity index (χ1v) is 8.79. The van der Waals surface area contributed by atoms with E-state index in [1.807, 2.05) is 0 Å². The molecule has 4 nitrogen and oxygen atoms in total. The van der Waals surface area contributed by atoms with Crippen LogP contribution in [0.2, 0.25) is 0 Å². The molecule has 1 aliphatic heterocycles. The minimum atomic E-state index is 0.401. The van der Waals surface area contributed by atoms with Crippen molar-refractivity contribution in [1.82, 2.24) is 9.55 Å². The van der Waals surface area contributed by atoms with Crippen LogP contribution in [-0.2, 0) is 13.0 Å². The van der Waals surface area contributed by atoms with Crippen molar-refractivity contribution in [2.24, 2.45) is 17.6 Å². The fourth-order valence-electron chi connectivity index (χ4n) is 4.05. The number of unbranched alkanes of at least 4 members (excludes halogenated alkanes) is 1. The first-order valence-electron chi connectivity index (χ1n) is 8.79. The Morgan fingerprint density at radius 1 is 1.29 bits per heavy atom. The second-order valence-electron chi connectivity index (χ2n) is 6.86. The Labute approximate surface area is 128 Å². The molecule has 0 bridgehead atoms. The Balaban J connectivity index is 1.78. The largest absolute Gasteiger partial charge is 0.342 e. The van der Waals surface area contributed by atoms with Crippen LogP contribution in [0.25, 0.3) is 0 Å². The van der Waals surface area contributed by atoms with E-state index in [0.717, 1.165) is 32.0 Å². The van der Waals surface area contributed by atoms with Crippen molar-refractivity contribution in [3.05, 3.63) is 11.9 Å². The molecule has 21 heavy (non-hydrogen) atoms. The molecule has 2 aliphatic rings. The van der Waals surface area contributed by atoms with E-state index in [9.17, 15) is 0 Å². The molecule has 0 amide bonds. The molecule has 1 saturated carbocycles. The summed E-state index contributed by atoms with van der Waals surface area (Å²) in [5.74, 6) is 2.66. The van der Waals surface area contributed by atoms with E-state index in [4.69, 9.17) is 10.7 Å². The predicted molar refractivity (Wildman–Crippen MR) is 87.5 cm³/mol. The third-order valence-corrected chi connectivity index (χ3v) is 5.36. The smallest absolute Gasteiger partial charge is 0.205 e. The third-order valence-electron chi connectivity index (χ3n) is 5.36. The lowest BCUT2D eigenvalue weighted by Gasteiger charge is -2.29. The molecule has 0 spiro atoms. The molecule has 1 aromatic rings. The summed E-state index contributed by atoms with van der Waals surface area (Å²) in [5.41, 5.74) is 7.58. The fraction of sp³-hybridized carbons (Fsp3) is 0.824. The van der Waals surface area contributed by atoms with E-state index in [-0.39, 0.29) is 0 Å². The summed E-state index contributed by atoms with van der Waals surface area (Å²) < 4.78 is 2.38. The molecule has 1 aromatic heterocycles. The van der Waals surface area contributed by atoms with Crippen molar-refractivity contribution in [2.75, 3.05) is 18.0 Å². The molecule has 4 heteroatoms. The highest BCUT2D eigenvalue weighted by Gasteiger charge is 2.39.